The van der Waals surface area contributed by atoms with Crippen LogP contribution in [0.2, 0.25) is 0 Å². The highest BCUT2D eigenvalue weighted by atomic mass is 16.5. The molecule has 2 aliphatic rings. The fourth-order valence-corrected chi connectivity index (χ4v) is 3.80. The molecule has 24 heavy (non-hydrogen) atoms. The maximum absolute atomic E-state index is 12.5. The minimum absolute atomic E-state index is 0.153. The van der Waals surface area contributed by atoms with Crippen LogP contribution in [0.25, 0.3) is 11.4 Å². The van der Waals surface area contributed by atoms with E-state index in [1.807, 2.05) is 17.0 Å². The van der Waals surface area contributed by atoms with Crippen LogP contribution in [0.3, 0.4) is 0 Å². The third-order valence-corrected chi connectivity index (χ3v) is 5.21. The maximum atomic E-state index is 12.5. The lowest BCUT2D eigenvalue weighted by molar-refractivity contribution is -0.131. The minimum atomic E-state index is 0.153. The zero-order chi connectivity index (χ0) is 16.4. The van der Waals surface area contributed by atoms with Crippen LogP contribution in [0.1, 0.15) is 50.3 Å². The molecule has 2 aromatic heterocycles. The molecule has 0 bridgehead atoms. The molecule has 6 nitrogen and oxygen atoms in total. The van der Waals surface area contributed by atoms with Crippen LogP contribution in [0.5, 0.6) is 0 Å². The molecule has 0 spiro atoms. The predicted octanol–water partition coefficient (Wildman–Crippen LogP) is 3.03. The van der Waals surface area contributed by atoms with Crippen molar-refractivity contribution in [2.24, 2.45) is 5.92 Å². The van der Waals surface area contributed by atoms with Gasteiger partial charge < -0.3 is 9.42 Å². The van der Waals surface area contributed by atoms with Crippen LogP contribution < -0.4 is 0 Å². The zero-order valence-corrected chi connectivity index (χ0v) is 13.7. The first-order valence-corrected chi connectivity index (χ1v) is 8.81. The van der Waals surface area contributed by atoms with Gasteiger partial charge in [-0.1, -0.05) is 18.0 Å². The summed E-state index contributed by atoms with van der Waals surface area (Å²) >= 11 is 0. The van der Waals surface area contributed by atoms with E-state index < -0.39 is 0 Å². The molecule has 1 atom stereocenters. The monoisotopic (exact) mass is 326 g/mol. The van der Waals surface area contributed by atoms with Crippen molar-refractivity contribution in [1.29, 1.82) is 0 Å². The van der Waals surface area contributed by atoms with E-state index in [0.29, 0.717) is 36.5 Å². The standard InChI is InChI=1S/C18H22N4O2/c23-16(11-13-3-1-2-4-13)22-10-7-15(12-22)18-20-17(21-24-18)14-5-8-19-9-6-14/h5-6,8-9,13,15H,1-4,7,10-12H2. The number of pyridine rings is 1. The Morgan fingerprint density at radius 1 is 1.21 bits per heavy atom. The summed E-state index contributed by atoms with van der Waals surface area (Å²) < 4.78 is 5.45. The number of amides is 1. The van der Waals surface area contributed by atoms with Gasteiger partial charge in [0.1, 0.15) is 0 Å². The van der Waals surface area contributed by atoms with Gasteiger partial charge in [0.25, 0.3) is 0 Å². The van der Waals surface area contributed by atoms with E-state index in [2.05, 4.69) is 15.1 Å². The first kappa shape index (κ1) is 15.3. The molecule has 3 heterocycles. The first-order valence-electron chi connectivity index (χ1n) is 8.81. The molecule has 1 aliphatic carbocycles. The van der Waals surface area contributed by atoms with Gasteiger partial charge in [-0.2, -0.15) is 4.98 Å². The van der Waals surface area contributed by atoms with Crippen molar-refractivity contribution in [3.8, 4) is 11.4 Å². The number of likely N-dealkylation sites (tertiary alicyclic amines) is 1. The van der Waals surface area contributed by atoms with E-state index in [1.165, 1.54) is 25.7 Å². The molecule has 6 heteroatoms. The van der Waals surface area contributed by atoms with Gasteiger partial charge in [-0.15, -0.1) is 0 Å². The van der Waals surface area contributed by atoms with Crippen molar-refractivity contribution < 1.29 is 9.32 Å². The molecular formula is C18H22N4O2. The van der Waals surface area contributed by atoms with Crippen molar-refractivity contribution in [2.75, 3.05) is 13.1 Å². The summed E-state index contributed by atoms with van der Waals surface area (Å²) in [4.78, 5) is 22.9. The van der Waals surface area contributed by atoms with Crippen molar-refractivity contribution in [3.63, 3.8) is 0 Å². The summed E-state index contributed by atoms with van der Waals surface area (Å²) in [7, 11) is 0. The van der Waals surface area contributed by atoms with Gasteiger partial charge in [0.15, 0.2) is 0 Å². The van der Waals surface area contributed by atoms with Crippen LogP contribution in [0.4, 0.5) is 0 Å². The van der Waals surface area contributed by atoms with Gasteiger partial charge in [-0.3, -0.25) is 9.78 Å². The van der Waals surface area contributed by atoms with Crippen LogP contribution in [0, 0.1) is 5.92 Å². The first-order chi connectivity index (χ1) is 11.8. The zero-order valence-electron chi connectivity index (χ0n) is 13.7. The summed E-state index contributed by atoms with van der Waals surface area (Å²) in [5.74, 6) is 2.26. The molecule has 2 fully saturated rings. The average molecular weight is 326 g/mol. The molecular weight excluding hydrogens is 304 g/mol. The number of hydrogen-bond donors (Lipinski definition) is 0. The van der Waals surface area contributed by atoms with Gasteiger partial charge in [0.05, 0.1) is 5.92 Å². The van der Waals surface area contributed by atoms with E-state index in [-0.39, 0.29) is 5.92 Å². The summed E-state index contributed by atoms with van der Waals surface area (Å²) in [6, 6.07) is 3.72. The fraction of sp³-hybridized carbons (Fsp3) is 0.556. The Bertz CT molecular complexity index is 694. The normalized spacial score (nSPS) is 21.5. The molecule has 2 aromatic rings. The second-order valence-electron chi connectivity index (χ2n) is 6.87. The van der Waals surface area contributed by atoms with Gasteiger partial charge in [-0.25, -0.2) is 0 Å². The number of carbonyl (C=O) groups excluding carboxylic acids is 1. The highest BCUT2D eigenvalue weighted by Gasteiger charge is 2.32. The molecule has 1 amide bonds. The summed E-state index contributed by atoms with van der Waals surface area (Å²) in [5.41, 5.74) is 0.896. The number of rotatable bonds is 4. The lowest BCUT2D eigenvalue weighted by Crippen LogP contribution is -2.29. The lowest BCUT2D eigenvalue weighted by Gasteiger charge is -2.18. The Morgan fingerprint density at radius 2 is 2.00 bits per heavy atom. The molecule has 0 N–H and O–H groups in total. The highest BCUT2D eigenvalue weighted by Crippen LogP contribution is 2.31. The number of hydrogen-bond acceptors (Lipinski definition) is 5. The third-order valence-electron chi connectivity index (χ3n) is 5.21. The van der Waals surface area contributed by atoms with Crippen molar-refractivity contribution in [1.82, 2.24) is 20.0 Å². The number of aromatic nitrogens is 3. The molecule has 1 aliphatic heterocycles. The van der Waals surface area contributed by atoms with Crippen LogP contribution in [0.15, 0.2) is 29.0 Å². The van der Waals surface area contributed by atoms with Crippen molar-refractivity contribution in [3.05, 3.63) is 30.4 Å². The van der Waals surface area contributed by atoms with Crippen molar-refractivity contribution in [2.45, 2.75) is 44.4 Å². The third kappa shape index (κ3) is 3.18. The van der Waals surface area contributed by atoms with Crippen LogP contribution >= 0.6 is 0 Å². The summed E-state index contributed by atoms with van der Waals surface area (Å²) in [6.07, 6.45) is 10.0. The lowest BCUT2D eigenvalue weighted by atomic mass is 10.0. The van der Waals surface area contributed by atoms with E-state index in [1.54, 1.807) is 12.4 Å². The SMILES string of the molecule is O=C(CC1CCCC1)N1CCC(c2nc(-c3ccncc3)no2)C1. The Kier molecular flexibility index (Phi) is 4.28. The highest BCUT2D eigenvalue weighted by molar-refractivity contribution is 5.76. The van der Waals surface area contributed by atoms with Gasteiger partial charge in [0.2, 0.25) is 17.6 Å². The van der Waals surface area contributed by atoms with E-state index in [4.69, 9.17) is 4.52 Å². The van der Waals surface area contributed by atoms with Crippen LogP contribution in [-0.4, -0.2) is 39.0 Å². The quantitative estimate of drug-likeness (QED) is 0.863. The maximum Gasteiger partial charge on any atom is 0.231 e. The fourth-order valence-electron chi connectivity index (χ4n) is 3.80. The van der Waals surface area contributed by atoms with E-state index in [0.717, 1.165) is 18.5 Å². The van der Waals surface area contributed by atoms with Crippen molar-refractivity contribution >= 4 is 5.91 Å². The second kappa shape index (κ2) is 6.71. The number of nitrogens with zero attached hydrogens (tertiary/aromatic N) is 4. The number of carbonyl (C=O) groups is 1. The Morgan fingerprint density at radius 3 is 2.79 bits per heavy atom. The topological polar surface area (TPSA) is 72.1 Å². The molecule has 4 rings (SSSR count). The second-order valence-corrected chi connectivity index (χ2v) is 6.87. The van der Waals surface area contributed by atoms with E-state index >= 15 is 0 Å². The molecule has 1 saturated carbocycles. The smallest absolute Gasteiger partial charge is 0.231 e. The molecule has 126 valence electrons. The Balaban J connectivity index is 1.38. The Labute approximate surface area is 141 Å². The molecule has 0 radical (unpaired) electrons. The minimum Gasteiger partial charge on any atom is -0.342 e. The average Bonchev–Trinajstić information content (AvgIpc) is 3.36. The molecule has 1 unspecified atom stereocenters. The summed E-state index contributed by atoms with van der Waals surface area (Å²) in [6.45, 7) is 1.49. The van der Waals surface area contributed by atoms with Gasteiger partial charge in [-0.05, 0) is 37.3 Å². The van der Waals surface area contributed by atoms with Crippen LogP contribution in [-0.2, 0) is 4.79 Å². The Hall–Kier alpha value is -2.24. The van der Waals surface area contributed by atoms with Gasteiger partial charge in [0, 0.05) is 37.5 Å². The molecule has 1 saturated heterocycles. The largest absolute Gasteiger partial charge is 0.342 e. The summed E-state index contributed by atoms with van der Waals surface area (Å²) in [5, 5.41) is 4.07. The predicted molar refractivity (Wildman–Crippen MR) is 88.0 cm³/mol. The van der Waals surface area contributed by atoms with E-state index in [9.17, 15) is 4.79 Å². The molecule has 0 aromatic carbocycles. The van der Waals surface area contributed by atoms with Gasteiger partial charge >= 0.3 is 0 Å².